The number of carbonyl (C=O) groups is 2. The number of benzene rings is 3. The number of aryl methyl sites for hydroxylation is 1. The summed E-state index contributed by atoms with van der Waals surface area (Å²) in [4.78, 5) is 29.9. The van der Waals surface area contributed by atoms with E-state index in [4.69, 9.17) is 4.74 Å². The molecule has 1 saturated heterocycles. The fourth-order valence-electron chi connectivity index (χ4n) is 5.77. The maximum absolute atomic E-state index is 14.0. The third-order valence-electron chi connectivity index (χ3n) is 7.98. The number of amides is 2. The Balaban J connectivity index is 1.30. The van der Waals surface area contributed by atoms with Crippen LogP contribution < -0.4 is 10.1 Å². The number of fused-ring (bicyclic) bond motifs is 2. The Kier molecular flexibility index (Phi) is 9.57. The van der Waals surface area contributed by atoms with E-state index < -0.39 is 0 Å². The molecule has 0 radical (unpaired) electrons. The molecular weight excluding hydrogens is 578 g/mol. The number of piperazine rings is 1. The third kappa shape index (κ3) is 7.46. The molecule has 2 bridgehead atoms. The van der Waals surface area contributed by atoms with Crippen molar-refractivity contribution in [1.29, 1.82) is 0 Å². The van der Waals surface area contributed by atoms with Crippen molar-refractivity contribution in [3.8, 4) is 5.75 Å². The summed E-state index contributed by atoms with van der Waals surface area (Å²) < 4.78 is 6.90. The maximum atomic E-state index is 14.0. The number of hydrogen-bond donors (Lipinski definition) is 1. The first-order valence-electron chi connectivity index (χ1n) is 14.4. The molecule has 2 amide bonds. The minimum absolute atomic E-state index is 0.0334. The number of nitrogens with zero attached hydrogens (tertiary/aromatic N) is 2. The molecule has 0 spiro atoms. The van der Waals surface area contributed by atoms with E-state index in [1.807, 2.05) is 59.3 Å². The van der Waals surface area contributed by atoms with Crippen molar-refractivity contribution in [1.82, 2.24) is 15.1 Å². The molecule has 2 atom stereocenters. The first-order chi connectivity index (χ1) is 19.9. The lowest BCUT2D eigenvalue weighted by Gasteiger charge is -2.44. The standard InChI is InChI=1S/C34H38BrN3O3/c1-24(39)38-22-29-21-31(27-15-13-26(14-16-27)10-7-19-41-30-12-6-11-28(35)20-30)33(32(23-38)36-29)34(40)37(2)18-17-25-8-4-3-5-9-25/h3-6,8-9,11-16,20,29,32,36H,7,10,17-19,21-23H2,1-2H3. The van der Waals surface area contributed by atoms with Crippen LogP contribution in [0, 0.1) is 0 Å². The van der Waals surface area contributed by atoms with Crippen molar-refractivity contribution in [3.63, 3.8) is 0 Å². The molecule has 2 heterocycles. The Morgan fingerprint density at radius 2 is 1.73 bits per heavy atom. The van der Waals surface area contributed by atoms with E-state index in [0.717, 1.165) is 46.2 Å². The minimum Gasteiger partial charge on any atom is -0.494 e. The van der Waals surface area contributed by atoms with Crippen molar-refractivity contribution in [2.75, 3.05) is 33.3 Å². The number of likely N-dealkylation sites (N-methyl/N-ethyl adjacent to an activating group) is 1. The molecule has 0 aliphatic carbocycles. The normalized spacial score (nSPS) is 18.3. The molecule has 2 aliphatic heterocycles. The molecule has 214 valence electrons. The minimum atomic E-state index is -0.178. The van der Waals surface area contributed by atoms with Gasteiger partial charge in [-0.3, -0.25) is 9.59 Å². The molecule has 2 unspecified atom stereocenters. The summed E-state index contributed by atoms with van der Waals surface area (Å²) in [5.41, 5.74) is 5.44. The molecule has 7 heteroatoms. The van der Waals surface area contributed by atoms with Crippen LogP contribution in [0.4, 0.5) is 0 Å². The number of carbonyl (C=O) groups excluding carboxylic acids is 2. The van der Waals surface area contributed by atoms with Crippen LogP contribution in [0.1, 0.15) is 36.5 Å². The van der Waals surface area contributed by atoms with Crippen LogP contribution in [0.15, 0.2) is 88.9 Å². The first-order valence-corrected chi connectivity index (χ1v) is 15.2. The van der Waals surface area contributed by atoms with Gasteiger partial charge in [0.1, 0.15) is 5.75 Å². The van der Waals surface area contributed by atoms with Crippen molar-refractivity contribution in [2.24, 2.45) is 0 Å². The monoisotopic (exact) mass is 615 g/mol. The molecule has 0 saturated carbocycles. The molecule has 5 rings (SSSR count). The van der Waals surface area contributed by atoms with Gasteiger partial charge in [-0.15, -0.1) is 0 Å². The summed E-state index contributed by atoms with van der Waals surface area (Å²) in [6.45, 7) is 4.07. The molecule has 3 aromatic carbocycles. The SMILES string of the molecule is CC(=O)N1CC2CC(c3ccc(CCCOc4cccc(Br)c4)cc3)=C(C(=O)N(C)CCc3ccccc3)C(C1)N2. The van der Waals surface area contributed by atoms with Gasteiger partial charge in [0.2, 0.25) is 5.91 Å². The molecule has 0 aromatic heterocycles. The molecule has 6 nitrogen and oxygen atoms in total. The zero-order chi connectivity index (χ0) is 28.8. The van der Waals surface area contributed by atoms with Crippen LogP contribution >= 0.6 is 15.9 Å². The smallest absolute Gasteiger partial charge is 0.251 e. The molecule has 1 fully saturated rings. The van der Waals surface area contributed by atoms with Gasteiger partial charge >= 0.3 is 0 Å². The van der Waals surface area contributed by atoms with Crippen LogP contribution in [-0.2, 0) is 22.4 Å². The predicted octanol–water partition coefficient (Wildman–Crippen LogP) is 5.51. The van der Waals surface area contributed by atoms with Gasteiger partial charge < -0.3 is 19.9 Å². The second kappa shape index (κ2) is 13.5. The quantitative estimate of drug-likeness (QED) is 0.306. The van der Waals surface area contributed by atoms with Crippen molar-refractivity contribution in [3.05, 3.63) is 106 Å². The predicted molar refractivity (Wildman–Crippen MR) is 167 cm³/mol. The second-order valence-corrected chi connectivity index (χ2v) is 11.9. The lowest BCUT2D eigenvalue weighted by atomic mass is 9.82. The Labute approximate surface area is 251 Å². The highest BCUT2D eigenvalue weighted by molar-refractivity contribution is 9.10. The number of nitrogens with one attached hydrogen (secondary N) is 1. The van der Waals surface area contributed by atoms with Crippen LogP contribution in [0.25, 0.3) is 5.57 Å². The average Bonchev–Trinajstić information content (AvgIpc) is 2.98. The van der Waals surface area contributed by atoms with Gasteiger partial charge in [-0.2, -0.15) is 0 Å². The zero-order valence-corrected chi connectivity index (χ0v) is 25.4. The highest BCUT2D eigenvalue weighted by Gasteiger charge is 2.39. The number of hydrogen-bond acceptors (Lipinski definition) is 4. The third-order valence-corrected chi connectivity index (χ3v) is 8.48. The summed E-state index contributed by atoms with van der Waals surface area (Å²) in [5.74, 6) is 0.959. The van der Waals surface area contributed by atoms with Gasteiger partial charge in [-0.1, -0.05) is 76.6 Å². The lowest BCUT2D eigenvalue weighted by molar-refractivity contribution is -0.132. The van der Waals surface area contributed by atoms with Crippen molar-refractivity contribution in [2.45, 2.75) is 44.7 Å². The van der Waals surface area contributed by atoms with E-state index in [1.54, 1.807) is 6.92 Å². The van der Waals surface area contributed by atoms with Gasteiger partial charge in [-0.05, 0) is 66.1 Å². The molecule has 1 N–H and O–H groups in total. The van der Waals surface area contributed by atoms with Gasteiger partial charge in [0.15, 0.2) is 0 Å². The van der Waals surface area contributed by atoms with Crippen LogP contribution in [0.5, 0.6) is 5.75 Å². The molecule has 3 aromatic rings. The number of halogens is 1. The highest BCUT2D eigenvalue weighted by atomic mass is 79.9. The summed E-state index contributed by atoms with van der Waals surface area (Å²) in [5, 5.41) is 3.64. The fourth-order valence-corrected chi connectivity index (χ4v) is 6.15. The fraction of sp³-hybridized carbons (Fsp3) is 0.353. The van der Waals surface area contributed by atoms with E-state index in [1.165, 1.54) is 11.1 Å². The Bertz CT molecular complexity index is 1390. The molecular formula is C34H38BrN3O3. The number of ether oxygens (including phenoxy) is 1. The van der Waals surface area contributed by atoms with Gasteiger partial charge in [0.05, 0.1) is 12.6 Å². The van der Waals surface area contributed by atoms with E-state index in [0.29, 0.717) is 32.7 Å². The highest BCUT2D eigenvalue weighted by Crippen LogP contribution is 2.34. The van der Waals surface area contributed by atoms with E-state index in [9.17, 15) is 9.59 Å². The summed E-state index contributed by atoms with van der Waals surface area (Å²) in [6, 6.07) is 26.8. The van der Waals surface area contributed by atoms with Gasteiger partial charge in [-0.25, -0.2) is 0 Å². The lowest BCUT2D eigenvalue weighted by Crippen LogP contribution is -2.61. The van der Waals surface area contributed by atoms with E-state index >= 15 is 0 Å². The van der Waals surface area contributed by atoms with E-state index in [2.05, 4.69) is 57.6 Å². The van der Waals surface area contributed by atoms with Crippen molar-refractivity contribution < 1.29 is 14.3 Å². The number of rotatable bonds is 10. The van der Waals surface area contributed by atoms with Crippen LogP contribution in [0.2, 0.25) is 0 Å². The largest absolute Gasteiger partial charge is 0.494 e. The van der Waals surface area contributed by atoms with E-state index in [-0.39, 0.29) is 23.9 Å². The first kappa shape index (κ1) is 29.1. The summed E-state index contributed by atoms with van der Waals surface area (Å²) >= 11 is 3.48. The maximum Gasteiger partial charge on any atom is 0.251 e. The zero-order valence-electron chi connectivity index (χ0n) is 23.8. The summed E-state index contributed by atoms with van der Waals surface area (Å²) in [7, 11) is 1.88. The average molecular weight is 617 g/mol. The Hall–Kier alpha value is -3.42. The van der Waals surface area contributed by atoms with Crippen LogP contribution in [0.3, 0.4) is 0 Å². The van der Waals surface area contributed by atoms with Gasteiger partial charge in [0, 0.05) is 49.7 Å². The molecule has 41 heavy (non-hydrogen) atoms. The van der Waals surface area contributed by atoms with Gasteiger partial charge in [0.25, 0.3) is 5.91 Å². The van der Waals surface area contributed by atoms with Crippen LogP contribution in [-0.4, -0.2) is 67.0 Å². The Morgan fingerprint density at radius 1 is 0.976 bits per heavy atom. The molecule has 2 aliphatic rings. The topological polar surface area (TPSA) is 61.9 Å². The van der Waals surface area contributed by atoms with Crippen molar-refractivity contribution >= 4 is 33.3 Å². The summed E-state index contributed by atoms with van der Waals surface area (Å²) in [6.07, 6.45) is 3.35. The Morgan fingerprint density at radius 3 is 2.46 bits per heavy atom. The second-order valence-electron chi connectivity index (χ2n) is 11.0.